The highest BCUT2D eigenvalue weighted by atomic mass is 35.5. The van der Waals surface area contributed by atoms with E-state index in [0.717, 1.165) is 41.8 Å². The van der Waals surface area contributed by atoms with E-state index < -0.39 is 28.5 Å². The van der Waals surface area contributed by atoms with Crippen molar-refractivity contribution < 1.29 is 18.0 Å². The maximum atomic E-state index is 13.5. The minimum Gasteiger partial charge on any atom is -0.352 e. The monoisotopic (exact) mass is 525 g/mol. The fourth-order valence-electron chi connectivity index (χ4n) is 4.01. The Bertz CT molecular complexity index is 1120. The number of nitrogens with one attached hydrogen (secondary N) is 1. The number of hydrogen-bond acceptors (Lipinski definition) is 4. The quantitative estimate of drug-likeness (QED) is 0.530. The highest BCUT2D eigenvalue weighted by molar-refractivity contribution is 7.92. The molecular weight excluding hydrogens is 497 g/mol. The van der Waals surface area contributed by atoms with Gasteiger partial charge in [-0.2, -0.15) is 0 Å². The molecule has 1 aliphatic rings. The lowest BCUT2D eigenvalue weighted by Crippen LogP contribution is -2.52. The third-order valence-electron chi connectivity index (χ3n) is 5.94. The lowest BCUT2D eigenvalue weighted by Gasteiger charge is -2.32. The van der Waals surface area contributed by atoms with Crippen molar-refractivity contribution in [1.29, 1.82) is 0 Å². The van der Waals surface area contributed by atoms with Crippen molar-refractivity contribution in [1.82, 2.24) is 10.2 Å². The van der Waals surface area contributed by atoms with Crippen LogP contribution in [0.4, 0.5) is 5.69 Å². The van der Waals surface area contributed by atoms with Crippen LogP contribution in [0.2, 0.25) is 10.0 Å². The molecule has 10 heteroatoms. The third kappa shape index (κ3) is 6.87. The van der Waals surface area contributed by atoms with E-state index in [9.17, 15) is 18.0 Å². The van der Waals surface area contributed by atoms with Gasteiger partial charge in [0.2, 0.25) is 21.8 Å². The van der Waals surface area contributed by atoms with E-state index >= 15 is 0 Å². The van der Waals surface area contributed by atoms with Gasteiger partial charge in [-0.1, -0.05) is 60.3 Å². The first kappa shape index (κ1) is 26.3. The molecule has 3 rings (SSSR count). The summed E-state index contributed by atoms with van der Waals surface area (Å²) in [4.78, 5) is 27.9. The maximum Gasteiger partial charge on any atom is 0.244 e. The molecule has 34 heavy (non-hydrogen) atoms. The summed E-state index contributed by atoms with van der Waals surface area (Å²) in [6.45, 7) is 1.28. The average molecular weight is 526 g/mol. The standard InChI is InChI=1S/C24H29Cl2N3O4S/c1-17(24(31)27-20-7-3-4-8-20)28(15-18-11-13-19(25)14-12-18)23(30)16-29(34(2,32)33)22-10-6-5-9-21(22)26/h5-6,9-14,17,20H,3-4,7-8,15-16H2,1-2H3,(H,27,31)/t17-/m0/s1. The zero-order valence-corrected chi connectivity index (χ0v) is 21.5. The minimum absolute atomic E-state index is 0.0954. The van der Waals surface area contributed by atoms with Gasteiger partial charge in [0.15, 0.2) is 0 Å². The van der Waals surface area contributed by atoms with E-state index in [1.807, 2.05) is 0 Å². The summed E-state index contributed by atoms with van der Waals surface area (Å²) in [6.07, 6.45) is 4.97. The van der Waals surface area contributed by atoms with Crippen LogP contribution in [0, 0.1) is 0 Å². The van der Waals surface area contributed by atoms with Crippen LogP contribution in [-0.2, 0) is 26.2 Å². The van der Waals surface area contributed by atoms with Gasteiger partial charge in [0.05, 0.1) is 17.0 Å². The summed E-state index contributed by atoms with van der Waals surface area (Å²) in [5.74, 6) is -0.785. The molecule has 1 fully saturated rings. The Morgan fingerprint density at radius 2 is 1.68 bits per heavy atom. The van der Waals surface area contributed by atoms with E-state index in [0.29, 0.717) is 5.02 Å². The zero-order chi connectivity index (χ0) is 24.9. The number of sulfonamides is 1. The minimum atomic E-state index is -3.83. The van der Waals surface area contributed by atoms with Crippen LogP contribution in [-0.4, -0.2) is 50.0 Å². The Hall–Kier alpha value is -2.29. The fourth-order valence-corrected chi connectivity index (χ4v) is 5.29. The van der Waals surface area contributed by atoms with Gasteiger partial charge in [-0.25, -0.2) is 8.42 Å². The number of rotatable bonds is 9. The number of nitrogens with zero attached hydrogens (tertiary/aromatic N) is 2. The number of amides is 2. The van der Waals surface area contributed by atoms with Crippen molar-refractivity contribution in [2.24, 2.45) is 0 Å². The molecule has 1 atom stereocenters. The summed E-state index contributed by atoms with van der Waals surface area (Å²) in [5.41, 5.74) is 0.969. The number of hydrogen-bond donors (Lipinski definition) is 1. The van der Waals surface area contributed by atoms with Crippen LogP contribution in [0.25, 0.3) is 0 Å². The summed E-state index contributed by atoms with van der Waals surface area (Å²) in [7, 11) is -3.83. The van der Waals surface area contributed by atoms with E-state index in [4.69, 9.17) is 23.2 Å². The molecule has 1 saturated carbocycles. The first-order valence-corrected chi connectivity index (χ1v) is 13.7. The molecular formula is C24H29Cl2N3O4S. The van der Waals surface area contributed by atoms with Gasteiger partial charge in [-0.05, 0) is 49.6 Å². The third-order valence-corrected chi connectivity index (χ3v) is 7.63. The predicted octanol–water partition coefficient (Wildman–Crippen LogP) is 4.24. The van der Waals surface area contributed by atoms with Crippen LogP contribution in [0.3, 0.4) is 0 Å². The van der Waals surface area contributed by atoms with Gasteiger partial charge >= 0.3 is 0 Å². The van der Waals surface area contributed by atoms with Crippen molar-refractivity contribution in [2.75, 3.05) is 17.1 Å². The number of halogens is 2. The molecule has 2 aromatic carbocycles. The molecule has 0 saturated heterocycles. The molecule has 0 bridgehead atoms. The molecule has 1 aliphatic carbocycles. The van der Waals surface area contributed by atoms with Crippen LogP contribution in [0.5, 0.6) is 0 Å². The molecule has 0 aromatic heterocycles. The molecule has 0 heterocycles. The summed E-state index contributed by atoms with van der Waals surface area (Å²) >= 11 is 12.2. The van der Waals surface area contributed by atoms with E-state index in [-0.39, 0.29) is 29.2 Å². The lowest BCUT2D eigenvalue weighted by molar-refractivity contribution is -0.139. The van der Waals surface area contributed by atoms with Crippen molar-refractivity contribution in [3.8, 4) is 0 Å². The number of para-hydroxylation sites is 1. The molecule has 0 aliphatic heterocycles. The van der Waals surface area contributed by atoms with Gasteiger partial charge in [0.1, 0.15) is 12.6 Å². The fraction of sp³-hybridized carbons (Fsp3) is 0.417. The SMILES string of the molecule is C[C@@H](C(=O)NC1CCCC1)N(Cc1ccc(Cl)cc1)C(=O)CN(c1ccccc1Cl)S(C)(=O)=O. The summed E-state index contributed by atoms with van der Waals surface area (Å²) in [6, 6.07) is 12.7. The maximum absolute atomic E-state index is 13.5. The van der Waals surface area contributed by atoms with E-state index in [1.54, 1.807) is 49.4 Å². The average Bonchev–Trinajstić information content (AvgIpc) is 3.29. The first-order valence-electron chi connectivity index (χ1n) is 11.1. The van der Waals surface area contributed by atoms with Gasteiger partial charge in [-0.3, -0.25) is 13.9 Å². The molecule has 2 amide bonds. The highest BCUT2D eigenvalue weighted by Crippen LogP contribution is 2.27. The molecule has 7 nitrogen and oxygen atoms in total. The Kier molecular flexibility index (Phi) is 8.84. The van der Waals surface area contributed by atoms with Crippen molar-refractivity contribution >= 4 is 50.7 Å². The van der Waals surface area contributed by atoms with Crippen LogP contribution >= 0.6 is 23.2 Å². The second-order valence-corrected chi connectivity index (χ2v) is 11.3. The summed E-state index contributed by atoms with van der Waals surface area (Å²) < 4.78 is 26.1. The molecule has 0 radical (unpaired) electrons. The summed E-state index contributed by atoms with van der Waals surface area (Å²) in [5, 5.41) is 3.78. The second kappa shape index (κ2) is 11.4. The Labute approximate surface area is 211 Å². The zero-order valence-electron chi connectivity index (χ0n) is 19.2. The Morgan fingerprint density at radius 1 is 1.06 bits per heavy atom. The number of anilines is 1. The number of carbonyl (C=O) groups excluding carboxylic acids is 2. The topological polar surface area (TPSA) is 86.8 Å². The molecule has 184 valence electrons. The highest BCUT2D eigenvalue weighted by Gasteiger charge is 2.31. The first-order chi connectivity index (χ1) is 16.1. The van der Waals surface area contributed by atoms with E-state index in [1.165, 1.54) is 11.0 Å². The van der Waals surface area contributed by atoms with E-state index in [2.05, 4.69) is 5.32 Å². The lowest BCUT2D eigenvalue weighted by atomic mass is 10.1. The number of benzene rings is 2. The van der Waals surface area contributed by atoms with Gasteiger partial charge in [-0.15, -0.1) is 0 Å². The van der Waals surface area contributed by atoms with Crippen LogP contribution in [0.15, 0.2) is 48.5 Å². The van der Waals surface area contributed by atoms with Crippen molar-refractivity contribution in [3.63, 3.8) is 0 Å². The normalized spacial score (nSPS) is 15.1. The second-order valence-electron chi connectivity index (χ2n) is 8.54. The largest absolute Gasteiger partial charge is 0.352 e. The number of carbonyl (C=O) groups is 2. The Morgan fingerprint density at radius 3 is 2.26 bits per heavy atom. The predicted molar refractivity (Wildman–Crippen MR) is 136 cm³/mol. The van der Waals surface area contributed by atoms with Crippen molar-refractivity contribution in [2.45, 2.75) is 51.2 Å². The van der Waals surface area contributed by atoms with Crippen LogP contribution < -0.4 is 9.62 Å². The molecule has 2 aromatic rings. The van der Waals surface area contributed by atoms with Gasteiger partial charge in [0.25, 0.3) is 0 Å². The van der Waals surface area contributed by atoms with Gasteiger partial charge in [0, 0.05) is 17.6 Å². The van der Waals surface area contributed by atoms with Crippen molar-refractivity contribution in [3.05, 3.63) is 64.1 Å². The molecule has 1 N–H and O–H groups in total. The smallest absolute Gasteiger partial charge is 0.244 e. The Balaban J connectivity index is 1.88. The molecule has 0 unspecified atom stereocenters. The van der Waals surface area contributed by atoms with Crippen LogP contribution in [0.1, 0.15) is 38.2 Å². The van der Waals surface area contributed by atoms with Gasteiger partial charge < -0.3 is 10.2 Å². The molecule has 0 spiro atoms.